The highest BCUT2D eigenvalue weighted by molar-refractivity contribution is 8.00. The molecular weight excluding hydrogens is 598 g/mol. The van der Waals surface area contributed by atoms with Gasteiger partial charge in [-0.2, -0.15) is 11.8 Å². The van der Waals surface area contributed by atoms with Crippen molar-refractivity contribution < 1.29 is 33.3 Å². The summed E-state index contributed by atoms with van der Waals surface area (Å²) < 4.78 is 23.6. The van der Waals surface area contributed by atoms with Crippen molar-refractivity contribution in [2.75, 3.05) is 18.9 Å². The number of hydrogen-bond donors (Lipinski definition) is 1. The average Bonchev–Trinajstić information content (AvgIpc) is 3.36. The third kappa shape index (κ3) is 6.25. The predicted molar refractivity (Wildman–Crippen MR) is 171 cm³/mol. The summed E-state index contributed by atoms with van der Waals surface area (Å²) in [4.78, 5) is 57.2. The normalized spacial score (nSPS) is 16.8. The molecule has 0 aliphatic carbocycles. The lowest BCUT2D eigenvalue weighted by atomic mass is 9.85. The van der Waals surface area contributed by atoms with Crippen LogP contribution in [0.15, 0.2) is 29.1 Å². The fourth-order valence-electron chi connectivity index (χ4n) is 5.78. The molecule has 1 atom stereocenters. The van der Waals surface area contributed by atoms with Gasteiger partial charge in [0.25, 0.3) is 5.56 Å². The number of pyridine rings is 2. The molecule has 0 saturated carbocycles. The minimum absolute atomic E-state index is 0.000719. The molecule has 5 rings (SSSR count). The molecule has 45 heavy (non-hydrogen) atoms. The van der Waals surface area contributed by atoms with E-state index in [4.69, 9.17) is 23.9 Å². The Morgan fingerprint density at radius 1 is 1.13 bits per heavy atom. The SMILES string of the molecule is CCCNC(=O)Oc1ccc2nc3c(c(CC)c2c1)Cn1c-3cc2c(c1=O)COC(=O)[C@@]2(CC)OC(=O)OCCSC(C)(C)C. The van der Waals surface area contributed by atoms with Gasteiger partial charge in [0.15, 0.2) is 0 Å². The Labute approximate surface area is 266 Å². The molecular formula is C33H39N3O8S. The molecule has 0 radical (unpaired) electrons. The summed E-state index contributed by atoms with van der Waals surface area (Å²) in [6, 6.07) is 6.97. The number of rotatable bonds is 9. The highest BCUT2D eigenvalue weighted by Crippen LogP contribution is 2.42. The fraction of sp³-hybridized carbons (Fsp3) is 0.485. The monoisotopic (exact) mass is 637 g/mol. The van der Waals surface area contributed by atoms with Gasteiger partial charge >= 0.3 is 18.2 Å². The van der Waals surface area contributed by atoms with Crippen LogP contribution in [0.2, 0.25) is 0 Å². The van der Waals surface area contributed by atoms with Crippen LogP contribution in [0.25, 0.3) is 22.3 Å². The molecule has 3 aromatic rings. The second-order valence-electron chi connectivity index (χ2n) is 12.0. The number of hydrogen-bond acceptors (Lipinski definition) is 10. The maximum absolute atomic E-state index is 13.9. The van der Waals surface area contributed by atoms with Crippen LogP contribution >= 0.6 is 11.8 Å². The molecule has 2 aliphatic rings. The number of cyclic esters (lactones) is 1. The Morgan fingerprint density at radius 3 is 2.60 bits per heavy atom. The van der Waals surface area contributed by atoms with Crippen LogP contribution in [-0.4, -0.2) is 51.4 Å². The molecule has 11 nitrogen and oxygen atoms in total. The number of nitrogens with zero attached hydrogens (tertiary/aromatic N) is 2. The number of carbonyl (C=O) groups excluding carboxylic acids is 3. The van der Waals surface area contributed by atoms with E-state index in [1.54, 1.807) is 47.5 Å². The number of amides is 1. The summed E-state index contributed by atoms with van der Waals surface area (Å²) in [5, 5.41) is 3.52. The fourth-order valence-corrected chi connectivity index (χ4v) is 6.56. The molecule has 1 N–H and O–H groups in total. The molecule has 240 valence electrons. The first kappa shape index (κ1) is 32.3. The van der Waals surface area contributed by atoms with Crippen molar-refractivity contribution in [3.63, 3.8) is 0 Å². The van der Waals surface area contributed by atoms with Gasteiger partial charge < -0.3 is 28.8 Å². The Kier molecular flexibility index (Phi) is 9.16. The van der Waals surface area contributed by atoms with E-state index in [9.17, 15) is 19.2 Å². The predicted octanol–water partition coefficient (Wildman–Crippen LogP) is 5.83. The van der Waals surface area contributed by atoms with E-state index in [1.807, 2.05) is 13.8 Å². The minimum atomic E-state index is -1.84. The maximum atomic E-state index is 13.9. The zero-order chi connectivity index (χ0) is 32.5. The van der Waals surface area contributed by atoms with Crippen molar-refractivity contribution >= 4 is 40.9 Å². The number of benzene rings is 1. The van der Waals surface area contributed by atoms with E-state index in [-0.39, 0.29) is 47.6 Å². The number of esters is 1. The van der Waals surface area contributed by atoms with Crippen LogP contribution < -0.4 is 15.6 Å². The number of nitrogens with one attached hydrogen (secondary N) is 1. The molecule has 12 heteroatoms. The van der Waals surface area contributed by atoms with Crippen molar-refractivity contribution in [3.05, 3.63) is 56.9 Å². The first-order valence-corrected chi connectivity index (χ1v) is 16.3. The van der Waals surface area contributed by atoms with E-state index in [2.05, 4.69) is 26.1 Å². The van der Waals surface area contributed by atoms with Gasteiger partial charge in [-0.1, -0.05) is 41.5 Å². The zero-order valence-electron chi connectivity index (χ0n) is 26.5. The van der Waals surface area contributed by atoms with Crippen LogP contribution in [0.5, 0.6) is 5.75 Å². The molecule has 1 aromatic carbocycles. The van der Waals surface area contributed by atoms with Crippen molar-refractivity contribution in [1.82, 2.24) is 14.9 Å². The Balaban J connectivity index is 1.52. The highest BCUT2D eigenvalue weighted by atomic mass is 32.2. The summed E-state index contributed by atoms with van der Waals surface area (Å²) in [6.07, 6.45) is -0.0626. The van der Waals surface area contributed by atoms with E-state index >= 15 is 0 Å². The Hall–Kier alpha value is -4.06. The molecule has 0 unspecified atom stereocenters. The van der Waals surface area contributed by atoms with Crippen LogP contribution in [0.4, 0.5) is 9.59 Å². The van der Waals surface area contributed by atoms with Gasteiger partial charge in [0.1, 0.15) is 19.0 Å². The third-order valence-corrected chi connectivity index (χ3v) is 9.16. The minimum Gasteiger partial charge on any atom is -0.457 e. The molecule has 0 fully saturated rings. The molecule has 4 heterocycles. The number of carbonyl (C=O) groups is 3. The highest BCUT2D eigenvalue weighted by Gasteiger charge is 2.51. The molecule has 1 amide bonds. The van der Waals surface area contributed by atoms with E-state index < -0.39 is 23.8 Å². The van der Waals surface area contributed by atoms with Crippen molar-refractivity contribution in [3.8, 4) is 17.1 Å². The van der Waals surface area contributed by atoms with Crippen LogP contribution in [0.3, 0.4) is 0 Å². The lowest BCUT2D eigenvalue weighted by Gasteiger charge is -2.35. The van der Waals surface area contributed by atoms with Crippen LogP contribution in [0.1, 0.15) is 76.6 Å². The van der Waals surface area contributed by atoms with Gasteiger partial charge in [0, 0.05) is 33.6 Å². The van der Waals surface area contributed by atoms with Crippen LogP contribution in [0, 0.1) is 0 Å². The molecule has 2 aliphatic heterocycles. The third-order valence-electron chi connectivity index (χ3n) is 7.92. The van der Waals surface area contributed by atoms with Gasteiger partial charge in [-0.15, -0.1) is 0 Å². The molecule has 0 spiro atoms. The van der Waals surface area contributed by atoms with Gasteiger partial charge in [-0.3, -0.25) is 4.79 Å². The Morgan fingerprint density at radius 2 is 1.91 bits per heavy atom. The number of aromatic nitrogens is 2. The largest absolute Gasteiger partial charge is 0.509 e. The standard InChI is InChI=1S/C33H39N3O8S/c1-7-12-34-30(39)43-19-10-11-25-21(15-19)20(8-2)22-17-36-26(27(22)35-25)16-24-23(28(36)37)18-42-29(38)33(24,9-3)44-31(40)41-13-14-45-32(4,5)6/h10-11,15-16H,7-9,12-14,17-18H2,1-6H3,(H,34,39)/t33-/m0/s1. The van der Waals surface area contributed by atoms with Gasteiger partial charge in [-0.05, 0) is 49.1 Å². The maximum Gasteiger partial charge on any atom is 0.509 e. The summed E-state index contributed by atoms with van der Waals surface area (Å²) in [7, 11) is 0. The number of thioether (sulfide) groups is 1. The van der Waals surface area contributed by atoms with Crippen molar-refractivity contribution in [2.24, 2.45) is 0 Å². The molecule has 0 saturated heterocycles. The number of aryl methyl sites for hydroxylation is 1. The zero-order valence-corrected chi connectivity index (χ0v) is 27.4. The van der Waals surface area contributed by atoms with Crippen molar-refractivity contribution in [2.45, 2.75) is 84.3 Å². The summed E-state index contributed by atoms with van der Waals surface area (Å²) in [5.74, 6) is 0.195. The number of ether oxygens (including phenoxy) is 4. The first-order valence-electron chi connectivity index (χ1n) is 15.3. The van der Waals surface area contributed by atoms with E-state index in [0.717, 1.165) is 22.9 Å². The Bertz CT molecular complexity index is 1730. The molecule has 2 aromatic heterocycles. The summed E-state index contributed by atoms with van der Waals surface area (Å²) in [5.41, 5.74) is 1.99. The smallest absolute Gasteiger partial charge is 0.457 e. The lowest BCUT2D eigenvalue weighted by Crippen LogP contribution is -2.47. The quantitative estimate of drug-likeness (QED) is 0.176. The van der Waals surface area contributed by atoms with Crippen molar-refractivity contribution in [1.29, 1.82) is 0 Å². The van der Waals surface area contributed by atoms with Gasteiger partial charge in [0.05, 0.1) is 29.0 Å². The topological polar surface area (TPSA) is 135 Å². The summed E-state index contributed by atoms with van der Waals surface area (Å²) in [6.45, 7) is 12.5. The van der Waals surface area contributed by atoms with Gasteiger partial charge in [0.2, 0.25) is 5.60 Å². The van der Waals surface area contributed by atoms with E-state index in [1.165, 1.54) is 0 Å². The number of fused-ring (bicyclic) bond motifs is 5. The summed E-state index contributed by atoms with van der Waals surface area (Å²) >= 11 is 1.63. The van der Waals surface area contributed by atoms with Crippen LogP contribution in [-0.2, 0) is 44.2 Å². The van der Waals surface area contributed by atoms with E-state index in [0.29, 0.717) is 41.4 Å². The average molecular weight is 638 g/mol. The first-order chi connectivity index (χ1) is 21.4. The molecule has 0 bridgehead atoms. The second-order valence-corrected chi connectivity index (χ2v) is 13.9. The second kappa shape index (κ2) is 12.7. The van der Waals surface area contributed by atoms with Gasteiger partial charge in [-0.25, -0.2) is 19.4 Å². The lowest BCUT2D eigenvalue weighted by molar-refractivity contribution is -0.175.